The van der Waals surface area contributed by atoms with E-state index in [9.17, 15) is 14.4 Å². The molecule has 166 valence electrons. The summed E-state index contributed by atoms with van der Waals surface area (Å²) in [7, 11) is 0. The molecule has 0 atom stereocenters. The first kappa shape index (κ1) is 23.9. The normalized spacial score (nSPS) is 10.3. The van der Waals surface area contributed by atoms with Crippen LogP contribution in [0.2, 0.25) is 0 Å². The van der Waals surface area contributed by atoms with Gasteiger partial charge in [0.05, 0.1) is 18.8 Å². The van der Waals surface area contributed by atoms with Gasteiger partial charge in [-0.1, -0.05) is 31.5 Å². The Morgan fingerprint density at radius 1 is 0.935 bits per heavy atom. The van der Waals surface area contributed by atoms with Crippen LogP contribution in [-0.4, -0.2) is 37.7 Å². The number of hydrogen-bond acceptors (Lipinski definition) is 6. The largest absolute Gasteiger partial charge is 0.494 e. The van der Waals surface area contributed by atoms with Gasteiger partial charge in [0.15, 0.2) is 6.61 Å². The first-order valence-electron chi connectivity index (χ1n) is 10.5. The van der Waals surface area contributed by atoms with Crippen LogP contribution in [0.4, 0.5) is 5.69 Å². The molecule has 0 unspecified atom stereocenters. The van der Waals surface area contributed by atoms with Crippen LogP contribution in [0.15, 0.2) is 48.5 Å². The number of anilines is 1. The maximum Gasteiger partial charge on any atom is 0.338 e. The van der Waals surface area contributed by atoms with Gasteiger partial charge in [0, 0.05) is 12.1 Å². The van der Waals surface area contributed by atoms with E-state index in [0.717, 1.165) is 24.2 Å². The van der Waals surface area contributed by atoms with Gasteiger partial charge in [-0.15, -0.1) is 0 Å². The lowest BCUT2D eigenvalue weighted by atomic mass is 10.1. The van der Waals surface area contributed by atoms with Gasteiger partial charge < -0.3 is 19.5 Å². The molecule has 7 nitrogen and oxygen atoms in total. The monoisotopic (exact) mass is 427 g/mol. The van der Waals surface area contributed by atoms with Crippen LogP contribution in [0.5, 0.6) is 5.75 Å². The minimum atomic E-state index is -0.466. The Morgan fingerprint density at radius 3 is 2.39 bits per heavy atom. The summed E-state index contributed by atoms with van der Waals surface area (Å²) in [4.78, 5) is 35.9. The molecule has 1 N–H and O–H groups in total. The van der Waals surface area contributed by atoms with E-state index in [1.807, 2.05) is 38.1 Å². The fourth-order valence-corrected chi connectivity index (χ4v) is 2.74. The molecule has 0 fully saturated rings. The Morgan fingerprint density at radius 2 is 1.68 bits per heavy atom. The number of carbonyl (C=O) groups excluding carboxylic acids is 3. The van der Waals surface area contributed by atoms with Crippen LogP contribution in [0.1, 0.15) is 49.0 Å². The van der Waals surface area contributed by atoms with Gasteiger partial charge in [0.2, 0.25) is 0 Å². The number of nitrogens with one attached hydrogen (secondary N) is 1. The van der Waals surface area contributed by atoms with Crippen LogP contribution < -0.4 is 10.1 Å². The average Bonchev–Trinajstić information content (AvgIpc) is 2.78. The zero-order valence-electron chi connectivity index (χ0n) is 18.0. The van der Waals surface area contributed by atoms with Crippen LogP contribution in [0.3, 0.4) is 0 Å². The van der Waals surface area contributed by atoms with E-state index in [1.165, 1.54) is 0 Å². The number of hydrogen-bond donors (Lipinski definition) is 1. The van der Waals surface area contributed by atoms with Crippen molar-refractivity contribution in [2.75, 3.05) is 25.1 Å². The van der Waals surface area contributed by atoms with Crippen molar-refractivity contribution in [3.8, 4) is 5.75 Å². The highest BCUT2D eigenvalue weighted by Gasteiger charge is 2.11. The number of carbonyl (C=O) groups is 3. The predicted molar refractivity (Wildman–Crippen MR) is 117 cm³/mol. The molecule has 7 heteroatoms. The molecule has 0 saturated heterocycles. The molecule has 0 aromatic heterocycles. The molecule has 1 amide bonds. The minimum absolute atomic E-state index is 0.145. The molecule has 2 rings (SSSR count). The van der Waals surface area contributed by atoms with Crippen molar-refractivity contribution in [3.63, 3.8) is 0 Å². The number of para-hydroxylation sites is 1. The predicted octanol–water partition coefficient (Wildman–Crippen LogP) is 4.16. The van der Waals surface area contributed by atoms with Crippen LogP contribution in [0.25, 0.3) is 0 Å². The lowest BCUT2D eigenvalue weighted by Gasteiger charge is -2.10. The Bertz CT molecular complexity index is 863. The third kappa shape index (κ3) is 8.50. The number of amides is 1. The molecule has 0 bridgehead atoms. The Balaban J connectivity index is 1.74. The lowest BCUT2D eigenvalue weighted by Crippen LogP contribution is -2.21. The van der Waals surface area contributed by atoms with Crippen LogP contribution in [0, 0.1) is 0 Å². The Labute approximate surface area is 182 Å². The van der Waals surface area contributed by atoms with Crippen molar-refractivity contribution in [2.45, 2.75) is 39.5 Å². The molecule has 0 heterocycles. The van der Waals surface area contributed by atoms with Gasteiger partial charge in [-0.05, 0) is 55.7 Å². The van der Waals surface area contributed by atoms with Crippen molar-refractivity contribution in [2.24, 2.45) is 0 Å². The van der Waals surface area contributed by atoms with Gasteiger partial charge >= 0.3 is 11.9 Å². The highest BCUT2D eigenvalue weighted by molar-refractivity contribution is 5.94. The quantitative estimate of drug-likeness (QED) is 0.404. The highest BCUT2D eigenvalue weighted by atomic mass is 16.5. The van der Waals surface area contributed by atoms with E-state index in [4.69, 9.17) is 14.2 Å². The van der Waals surface area contributed by atoms with Gasteiger partial charge in [-0.2, -0.15) is 0 Å². The van der Waals surface area contributed by atoms with Gasteiger partial charge in [0.25, 0.3) is 5.91 Å². The van der Waals surface area contributed by atoms with E-state index in [0.29, 0.717) is 30.9 Å². The first-order chi connectivity index (χ1) is 15.0. The fraction of sp³-hybridized carbons (Fsp3) is 0.375. The third-order valence-corrected chi connectivity index (χ3v) is 4.37. The molecule has 0 aliphatic rings. The Kier molecular flexibility index (Phi) is 10.1. The maximum atomic E-state index is 12.0. The van der Waals surface area contributed by atoms with Crippen LogP contribution >= 0.6 is 0 Å². The molecular weight excluding hydrogens is 398 g/mol. The van der Waals surface area contributed by atoms with Crippen LogP contribution in [-0.2, 0) is 25.5 Å². The molecule has 2 aromatic carbocycles. The van der Waals surface area contributed by atoms with E-state index >= 15 is 0 Å². The minimum Gasteiger partial charge on any atom is -0.494 e. The molecule has 0 aliphatic carbocycles. The summed E-state index contributed by atoms with van der Waals surface area (Å²) < 4.78 is 15.7. The van der Waals surface area contributed by atoms with Crippen molar-refractivity contribution in [1.29, 1.82) is 0 Å². The summed E-state index contributed by atoms with van der Waals surface area (Å²) in [6.45, 7) is 4.46. The zero-order valence-corrected chi connectivity index (χ0v) is 18.0. The van der Waals surface area contributed by atoms with E-state index < -0.39 is 17.8 Å². The second-order valence-electron chi connectivity index (χ2n) is 6.82. The van der Waals surface area contributed by atoms with Crippen molar-refractivity contribution < 1.29 is 28.6 Å². The van der Waals surface area contributed by atoms with Gasteiger partial charge in [-0.25, -0.2) is 4.79 Å². The number of ether oxygens (including phenoxy) is 3. The van der Waals surface area contributed by atoms with Gasteiger partial charge in [0.1, 0.15) is 5.75 Å². The molecule has 0 spiro atoms. The van der Waals surface area contributed by atoms with Gasteiger partial charge in [-0.3, -0.25) is 9.59 Å². The van der Waals surface area contributed by atoms with Crippen molar-refractivity contribution in [1.82, 2.24) is 0 Å². The zero-order chi connectivity index (χ0) is 22.5. The first-order valence-corrected chi connectivity index (χ1v) is 10.5. The fourth-order valence-electron chi connectivity index (χ4n) is 2.74. The molecule has 0 radical (unpaired) electrons. The summed E-state index contributed by atoms with van der Waals surface area (Å²) >= 11 is 0. The van der Waals surface area contributed by atoms with E-state index in [2.05, 4.69) is 5.32 Å². The summed E-state index contributed by atoms with van der Waals surface area (Å²) in [5.74, 6) is -0.577. The Hall–Kier alpha value is -3.35. The smallest absolute Gasteiger partial charge is 0.338 e. The standard InChI is InChI=1S/C24H29NO6/c1-3-5-16-30-24(28)19-10-13-20(14-11-19)25-22(26)17-31-23(27)15-12-18-8-6-7-9-21(18)29-4-2/h6-11,13-14H,3-5,12,15-17H2,1-2H3,(H,25,26). The molecule has 31 heavy (non-hydrogen) atoms. The lowest BCUT2D eigenvalue weighted by molar-refractivity contribution is -0.147. The summed E-state index contributed by atoms with van der Waals surface area (Å²) in [6.07, 6.45) is 2.37. The molecular formula is C24H29NO6. The van der Waals surface area contributed by atoms with Crippen molar-refractivity contribution in [3.05, 3.63) is 59.7 Å². The molecule has 0 aliphatic heterocycles. The second-order valence-corrected chi connectivity index (χ2v) is 6.82. The summed E-state index contributed by atoms with van der Waals surface area (Å²) in [5.41, 5.74) is 1.82. The topological polar surface area (TPSA) is 90.9 Å². The second kappa shape index (κ2) is 13.1. The summed E-state index contributed by atoms with van der Waals surface area (Å²) in [6, 6.07) is 13.9. The van der Waals surface area contributed by atoms with E-state index in [-0.39, 0.29) is 13.0 Å². The number of benzene rings is 2. The SMILES string of the molecule is CCCCOC(=O)c1ccc(NC(=O)COC(=O)CCc2ccccc2OCC)cc1. The number of aryl methyl sites for hydroxylation is 1. The highest BCUT2D eigenvalue weighted by Crippen LogP contribution is 2.19. The summed E-state index contributed by atoms with van der Waals surface area (Å²) in [5, 5.41) is 2.63. The number of esters is 2. The number of rotatable bonds is 12. The number of unbranched alkanes of at least 4 members (excludes halogenated alkanes) is 1. The average molecular weight is 427 g/mol. The van der Waals surface area contributed by atoms with Crippen molar-refractivity contribution >= 4 is 23.5 Å². The molecule has 2 aromatic rings. The third-order valence-electron chi connectivity index (χ3n) is 4.37. The maximum absolute atomic E-state index is 12.0. The van der Waals surface area contributed by atoms with E-state index in [1.54, 1.807) is 24.3 Å². The molecule has 0 saturated carbocycles.